The van der Waals surface area contributed by atoms with Crippen LogP contribution in [0, 0.1) is 5.82 Å². The Balaban J connectivity index is 2.78. The number of carbonyl (C=O) groups is 1. The molecule has 1 aromatic rings. The third-order valence-electron chi connectivity index (χ3n) is 2.06. The third-order valence-corrected chi connectivity index (χ3v) is 3.61. The minimum absolute atomic E-state index is 0.0459. The number of nitrogen functional groups attached to an aromatic ring is 1. The maximum Gasteiger partial charge on any atom is 0.245 e. The second-order valence-electron chi connectivity index (χ2n) is 3.54. The normalized spacial score (nSPS) is 11.2. The first kappa shape index (κ1) is 14.4. The van der Waals surface area contributed by atoms with Crippen molar-refractivity contribution in [3.63, 3.8) is 0 Å². The maximum absolute atomic E-state index is 13.4. The van der Waals surface area contributed by atoms with Crippen LogP contribution in [0.2, 0.25) is 0 Å². The maximum atomic E-state index is 13.4. The lowest BCUT2D eigenvalue weighted by atomic mass is 10.3. The van der Waals surface area contributed by atoms with E-state index in [-0.39, 0.29) is 24.7 Å². The molecule has 18 heavy (non-hydrogen) atoms. The van der Waals surface area contributed by atoms with Gasteiger partial charge in [0.15, 0.2) is 0 Å². The molecule has 0 atom stereocenters. The van der Waals surface area contributed by atoms with E-state index in [9.17, 15) is 17.6 Å². The average molecular weight is 275 g/mol. The van der Waals surface area contributed by atoms with Crippen LogP contribution in [0.4, 0.5) is 10.1 Å². The van der Waals surface area contributed by atoms with Crippen molar-refractivity contribution < 1.29 is 17.6 Å². The van der Waals surface area contributed by atoms with Gasteiger partial charge in [-0.1, -0.05) is 6.07 Å². The van der Waals surface area contributed by atoms with Crippen molar-refractivity contribution in [2.24, 2.45) is 0 Å². The van der Waals surface area contributed by atoms with Crippen molar-refractivity contribution in [2.45, 2.75) is 11.8 Å². The van der Waals surface area contributed by atoms with Crippen LogP contribution >= 0.6 is 0 Å². The summed E-state index contributed by atoms with van der Waals surface area (Å²) in [6, 6.07) is 3.63. The quantitative estimate of drug-likeness (QED) is 0.512. The molecule has 0 unspecified atom stereocenters. The Morgan fingerprint density at radius 1 is 1.39 bits per heavy atom. The van der Waals surface area contributed by atoms with Crippen LogP contribution in [0.3, 0.4) is 0 Å². The molecule has 0 saturated carbocycles. The Morgan fingerprint density at radius 2 is 2.06 bits per heavy atom. The molecule has 1 amide bonds. The summed E-state index contributed by atoms with van der Waals surface area (Å²) < 4.78 is 39.1. The summed E-state index contributed by atoms with van der Waals surface area (Å²) in [5, 5.41) is 2.41. The van der Waals surface area contributed by atoms with E-state index < -0.39 is 20.7 Å². The van der Waals surface area contributed by atoms with Gasteiger partial charge in [0, 0.05) is 20.0 Å². The number of carbonyl (C=O) groups excluding carboxylic acids is 1. The van der Waals surface area contributed by atoms with Crippen molar-refractivity contribution in [1.82, 2.24) is 10.0 Å². The molecular weight excluding hydrogens is 261 g/mol. The molecular formula is C10H14FN3O3S. The number of halogens is 1. The van der Waals surface area contributed by atoms with Crippen molar-refractivity contribution in [3.8, 4) is 0 Å². The standard InChI is InChI=1S/C10H14FN3O3S/c1-7(15)13-5-6-14-18(16,17)10-8(11)3-2-4-9(10)12/h2-4,14H,5-6,12H2,1H3,(H,13,15). The molecule has 6 nitrogen and oxygen atoms in total. The van der Waals surface area contributed by atoms with Gasteiger partial charge in [-0.2, -0.15) is 0 Å². The van der Waals surface area contributed by atoms with Gasteiger partial charge < -0.3 is 11.1 Å². The van der Waals surface area contributed by atoms with Crippen LogP contribution < -0.4 is 15.8 Å². The van der Waals surface area contributed by atoms with E-state index in [1.807, 2.05) is 0 Å². The molecule has 0 fully saturated rings. The molecule has 0 bridgehead atoms. The van der Waals surface area contributed by atoms with Crippen LogP contribution in [-0.2, 0) is 14.8 Å². The number of anilines is 1. The van der Waals surface area contributed by atoms with Crippen molar-refractivity contribution in [2.75, 3.05) is 18.8 Å². The zero-order chi connectivity index (χ0) is 13.8. The fourth-order valence-corrected chi connectivity index (χ4v) is 2.52. The molecule has 1 rings (SSSR count). The van der Waals surface area contributed by atoms with E-state index in [0.717, 1.165) is 6.07 Å². The fourth-order valence-electron chi connectivity index (χ4n) is 1.31. The van der Waals surface area contributed by atoms with Gasteiger partial charge in [0.25, 0.3) is 0 Å². The first-order valence-corrected chi connectivity index (χ1v) is 6.61. The molecule has 8 heteroatoms. The Labute approximate surface area is 104 Å². The van der Waals surface area contributed by atoms with Gasteiger partial charge in [0.1, 0.15) is 10.7 Å². The van der Waals surface area contributed by atoms with Crippen molar-refractivity contribution in [1.29, 1.82) is 0 Å². The highest BCUT2D eigenvalue weighted by molar-refractivity contribution is 7.89. The summed E-state index contributed by atoms with van der Waals surface area (Å²) in [4.78, 5) is 10.0. The second kappa shape index (κ2) is 5.78. The summed E-state index contributed by atoms with van der Waals surface area (Å²) in [6.45, 7) is 1.38. The Hall–Kier alpha value is -1.67. The Bertz CT molecular complexity index is 525. The number of rotatable bonds is 5. The van der Waals surface area contributed by atoms with Gasteiger partial charge in [-0.15, -0.1) is 0 Å². The number of amides is 1. The van der Waals surface area contributed by atoms with E-state index in [2.05, 4.69) is 10.0 Å². The Morgan fingerprint density at radius 3 is 2.61 bits per heavy atom. The van der Waals surface area contributed by atoms with E-state index >= 15 is 0 Å². The topological polar surface area (TPSA) is 101 Å². The first-order chi connectivity index (χ1) is 8.34. The minimum Gasteiger partial charge on any atom is -0.398 e. The second-order valence-corrected chi connectivity index (χ2v) is 5.24. The van der Waals surface area contributed by atoms with Crippen LogP contribution in [0.25, 0.3) is 0 Å². The number of hydrogen-bond donors (Lipinski definition) is 3. The summed E-state index contributed by atoms with van der Waals surface area (Å²) in [7, 11) is -4.02. The molecule has 0 aromatic heterocycles. The lowest BCUT2D eigenvalue weighted by molar-refractivity contribution is -0.118. The van der Waals surface area contributed by atoms with Crippen LogP contribution in [-0.4, -0.2) is 27.4 Å². The zero-order valence-corrected chi connectivity index (χ0v) is 10.6. The van der Waals surface area contributed by atoms with Crippen LogP contribution in [0.1, 0.15) is 6.92 Å². The average Bonchev–Trinajstić information content (AvgIpc) is 2.23. The molecule has 0 aliphatic carbocycles. The van der Waals surface area contributed by atoms with Gasteiger partial charge in [-0.3, -0.25) is 4.79 Å². The minimum atomic E-state index is -4.02. The smallest absolute Gasteiger partial charge is 0.245 e. The van der Waals surface area contributed by atoms with Gasteiger partial charge >= 0.3 is 0 Å². The highest BCUT2D eigenvalue weighted by Gasteiger charge is 2.21. The van der Waals surface area contributed by atoms with Crippen LogP contribution in [0.5, 0.6) is 0 Å². The highest BCUT2D eigenvalue weighted by atomic mass is 32.2. The number of benzene rings is 1. The number of nitrogens with one attached hydrogen (secondary N) is 2. The molecule has 100 valence electrons. The fraction of sp³-hybridized carbons (Fsp3) is 0.300. The van der Waals surface area contributed by atoms with Gasteiger partial charge in [-0.25, -0.2) is 17.5 Å². The number of sulfonamides is 1. The summed E-state index contributed by atoms with van der Waals surface area (Å²) >= 11 is 0. The van der Waals surface area contributed by atoms with E-state index in [1.54, 1.807) is 0 Å². The lowest BCUT2D eigenvalue weighted by Crippen LogP contribution is -2.34. The SMILES string of the molecule is CC(=O)NCCNS(=O)(=O)c1c(N)cccc1F. The molecule has 0 heterocycles. The summed E-state index contributed by atoms with van der Waals surface area (Å²) in [5.74, 6) is -1.19. The predicted octanol–water partition coefficient (Wildman–Crippen LogP) is -0.178. The molecule has 0 aliphatic rings. The van der Waals surface area contributed by atoms with Gasteiger partial charge in [0.05, 0.1) is 5.69 Å². The molecule has 4 N–H and O–H groups in total. The highest BCUT2D eigenvalue weighted by Crippen LogP contribution is 2.20. The Kier molecular flexibility index (Phi) is 4.62. The lowest BCUT2D eigenvalue weighted by Gasteiger charge is -2.09. The van der Waals surface area contributed by atoms with Gasteiger partial charge in [-0.05, 0) is 12.1 Å². The van der Waals surface area contributed by atoms with E-state index in [1.165, 1.54) is 19.1 Å². The summed E-state index contributed by atoms with van der Waals surface area (Å²) in [6.07, 6.45) is 0. The molecule has 0 radical (unpaired) electrons. The molecule has 0 spiro atoms. The first-order valence-electron chi connectivity index (χ1n) is 5.12. The van der Waals surface area contributed by atoms with Crippen molar-refractivity contribution >= 4 is 21.6 Å². The molecule has 0 aliphatic heterocycles. The van der Waals surface area contributed by atoms with E-state index in [4.69, 9.17) is 5.73 Å². The number of nitrogens with two attached hydrogens (primary N) is 1. The van der Waals surface area contributed by atoms with Gasteiger partial charge in [0.2, 0.25) is 15.9 Å². The molecule has 1 aromatic carbocycles. The third kappa shape index (κ3) is 3.67. The van der Waals surface area contributed by atoms with Crippen molar-refractivity contribution in [3.05, 3.63) is 24.0 Å². The number of hydrogen-bond acceptors (Lipinski definition) is 4. The largest absolute Gasteiger partial charge is 0.398 e. The monoisotopic (exact) mass is 275 g/mol. The molecule has 0 saturated heterocycles. The van der Waals surface area contributed by atoms with E-state index in [0.29, 0.717) is 0 Å². The van der Waals surface area contributed by atoms with Crippen LogP contribution in [0.15, 0.2) is 23.1 Å². The zero-order valence-electron chi connectivity index (χ0n) is 9.73. The summed E-state index contributed by atoms with van der Waals surface area (Å²) in [5.41, 5.74) is 5.27. The predicted molar refractivity (Wildman–Crippen MR) is 64.7 cm³/mol.